The number of amides is 1. The average Bonchev–Trinajstić information content (AvgIpc) is 3.27. The summed E-state index contributed by atoms with van der Waals surface area (Å²) in [6.07, 6.45) is 5.38. The largest absolute Gasteiger partial charge is 0.272 e. The first kappa shape index (κ1) is 24.8. The number of nitrogens with one attached hydrogen (secondary N) is 1. The summed E-state index contributed by atoms with van der Waals surface area (Å²) in [4.78, 5) is 43.5. The minimum atomic E-state index is -0.492. The lowest BCUT2D eigenvalue weighted by molar-refractivity contribution is -0.384. The zero-order valence-electron chi connectivity index (χ0n) is 20.0. The van der Waals surface area contributed by atoms with Crippen molar-refractivity contribution in [1.82, 2.24) is 15.0 Å². The van der Waals surface area contributed by atoms with E-state index in [9.17, 15) is 19.7 Å². The molecule has 0 spiro atoms. The second-order valence-corrected chi connectivity index (χ2v) is 10.7. The van der Waals surface area contributed by atoms with Crippen LogP contribution in [0.15, 0.2) is 63.6 Å². The number of hydrogen-bond acceptors (Lipinski definition) is 8. The molecule has 1 N–H and O–H groups in total. The monoisotopic (exact) mass is 533 g/mol. The summed E-state index contributed by atoms with van der Waals surface area (Å²) in [6, 6.07) is 13.6. The van der Waals surface area contributed by atoms with Crippen molar-refractivity contribution in [2.24, 2.45) is 5.10 Å². The molecule has 0 saturated heterocycles. The maximum Gasteiger partial charge on any atom is 0.270 e. The molecule has 2 aromatic carbocycles. The average molecular weight is 534 g/mol. The van der Waals surface area contributed by atoms with E-state index in [4.69, 9.17) is 4.98 Å². The number of non-ortho nitro benzene ring substituents is 1. The normalized spacial score (nSPS) is 13.1. The number of hydrogen-bond donors (Lipinski definition) is 1. The van der Waals surface area contributed by atoms with Crippen LogP contribution in [0.4, 0.5) is 5.69 Å². The molecule has 0 fully saturated rings. The van der Waals surface area contributed by atoms with Gasteiger partial charge in [0.2, 0.25) is 0 Å². The van der Waals surface area contributed by atoms with Gasteiger partial charge in [-0.25, -0.2) is 10.4 Å². The number of carbonyl (C=O) groups is 1. The fraction of sp³-hybridized carbons (Fsp3) is 0.231. The van der Waals surface area contributed by atoms with Crippen LogP contribution < -0.4 is 11.0 Å². The van der Waals surface area contributed by atoms with Gasteiger partial charge in [0, 0.05) is 22.6 Å². The molecule has 1 aliphatic carbocycles. The van der Waals surface area contributed by atoms with Crippen molar-refractivity contribution < 1.29 is 9.72 Å². The molecule has 0 saturated carbocycles. The number of rotatable bonds is 7. The van der Waals surface area contributed by atoms with E-state index in [1.807, 2.05) is 31.2 Å². The lowest BCUT2D eigenvalue weighted by Gasteiger charge is -2.13. The fourth-order valence-electron chi connectivity index (χ4n) is 4.26. The third-order valence-electron chi connectivity index (χ3n) is 6.07. The van der Waals surface area contributed by atoms with Gasteiger partial charge in [0.15, 0.2) is 5.16 Å². The van der Waals surface area contributed by atoms with Gasteiger partial charge in [-0.15, -0.1) is 11.3 Å². The van der Waals surface area contributed by atoms with Crippen molar-refractivity contribution in [1.29, 1.82) is 0 Å². The van der Waals surface area contributed by atoms with Gasteiger partial charge < -0.3 is 0 Å². The summed E-state index contributed by atoms with van der Waals surface area (Å²) in [5.74, 6) is -0.400. The Morgan fingerprint density at radius 2 is 2.03 bits per heavy atom. The number of hydrazone groups is 1. The van der Waals surface area contributed by atoms with Gasteiger partial charge in [-0.05, 0) is 50.3 Å². The smallest absolute Gasteiger partial charge is 0.270 e. The summed E-state index contributed by atoms with van der Waals surface area (Å²) < 4.78 is 1.59. The molecule has 188 valence electrons. The van der Waals surface area contributed by atoms with E-state index in [1.165, 1.54) is 35.0 Å². The highest BCUT2D eigenvalue weighted by Gasteiger charge is 2.23. The van der Waals surface area contributed by atoms with Crippen LogP contribution in [0.5, 0.6) is 0 Å². The van der Waals surface area contributed by atoms with E-state index in [0.29, 0.717) is 26.6 Å². The van der Waals surface area contributed by atoms with Crippen LogP contribution in [-0.4, -0.2) is 32.3 Å². The van der Waals surface area contributed by atoms with Gasteiger partial charge in [0.1, 0.15) is 4.83 Å². The van der Waals surface area contributed by atoms with Crippen LogP contribution in [0.2, 0.25) is 0 Å². The predicted molar refractivity (Wildman–Crippen MR) is 146 cm³/mol. The van der Waals surface area contributed by atoms with Gasteiger partial charge in [-0.1, -0.05) is 41.6 Å². The zero-order chi connectivity index (χ0) is 25.9. The molecule has 0 aliphatic heterocycles. The molecule has 37 heavy (non-hydrogen) atoms. The summed E-state index contributed by atoms with van der Waals surface area (Å²) in [7, 11) is 0. The summed E-state index contributed by atoms with van der Waals surface area (Å²) in [5, 5.41) is 16.0. The quantitative estimate of drug-likeness (QED) is 0.120. The number of thioether (sulfide) groups is 1. The third-order valence-corrected chi connectivity index (χ3v) is 8.19. The topological polar surface area (TPSA) is 119 Å². The van der Waals surface area contributed by atoms with E-state index in [1.54, 1.807) is 28.0 Å². The van der Waals surface area contributed by atoms with Gasteiger partial charge in [-0.3, -0.25) is 24.3 Å². The molecule has 0 atom stereocenters. The Labute approximate surface area is 220 Å². The Balaban J connectivity index is 1.40. The number of fused-ring (bicyclic) bond motifs is 3. The lowest BCUT2D eigenvalue weighted by atomic mass is 9.97. The number of carbonyl (C=O) groups excluding carboxylic acids is 1. The molecule has 0 unspecified atom stereocenters. The number of nitro benzene ring substituents is 1. The highest BCUT2D eigenvalue weighted by Crippen LogP contribution is 2.35. The summed E-state index contributed by atoms with van der Waals surface area (Å²) >= 11 is 2.74. The maximum absolute atomic E-state index is 13.8. The van der Waals surface area contributed by atoms with Crippen LogP contribution in [0.25, 0.3) is 15.9 Å². The van der Waals surface area contributed by atoms with Crippen LogP contribution in [0.3, 0.4) is 0 Å². The van der Waals surface area contributed by atoms with Gasteiger partial charge in [-0.2, -0.15) is 5.10 Å². The summed E-state index contributed by atoms with van der Waals surface area (Å²) in [5.41, 5.74) is 5.65. The number of nitrogens with zero attached hydrogens (tertiary/aromatic N) is 4. The van der Waals surface area contributed by atoms with E-state index >= 15 is 0 Å². The second-order valence-electron chi connectivity index (χ2n) is 8.70. The first-order valence-electron chi connectivity index (χ1n) is 11.7. The Hall–Kier alpha value is -3.83. The van der Waals surface area contributed by atoms with Gasteiger partial charge in [0.05, 0.1) is 28.0 Å². The van der Waals surface area contributed by atoms with Gasteiger partial charge in [0.25, 0.3) is 17.2 Å². The number of nitro groups is 1. The Morgan fingerprint density at radius 1 is 1.24 bits per heavy atom. The van der Waals surface area contributed by atoms with Crippen LogP contribution in [-0.2, 0) is 17.6 Å². The van der Waals surface area contributed by atoms with Crippen molar-refractivity contribution in [3.63, 3.8) is 0 Å². The predicted octanol–water partition coefficient (Wildman–Crippen LogP) is 4.79. The first-order valence-corrected chi connectivity index (χ1v) is 13.5. The van der Waals surface area contributed by atoms with Crippen molar-refractivity contribution in [3.05, 3.63) is 90.6 Å². The van der Waals surface area contributed by atoms with Gasteiger partial charge >= 0.3 is 0 Å². The molecule has 0 radical (unpaired) electrons. The van der Waals surface area contributed by atoms with Crippen molar-refractivity contribution >= 4 is 51.1 Å². The molecule has 11 heteroatoms. The summed E-state index contributed by atoms with van der Waals surface area (Å²) in [6.45, 7) is 1.98. The molecular weight excluding hydrogens is 510 g/mol. The molecule has 9 nitrogen and oxygen atoms in total. The third kappa shape index (κ3) is 5.32. The number of thiophene rings is 1. The molecule has 2 aromatic heterocycles. The molecule has 0 bridgehead atoms. The van der Waals surface area contributed by atoms with Crippen LogP contribution in [0.1, 0.15) is 34.4 Å². The van der Waals surface area contributed by atoms with Crippen LogP contribution >= 0.6 is 23.1 Å². The first-order chi connectivity index (χ1) is 17.9. The van der Waals surface area contributed by atoms with Crippen molar-refractivity contribution in [2.45, 2.75) is 37.8 Å². The Bertz CT molecular complexity index is 1590. The lowest BCUT2D eigenvalue weighted by Crippen LogP contribution is -2.24. The SMILES string of the molecule is Cc1ccc(-n2c(SCC(=O)NN=Cc3cccc([N+](=O)[O-])c3)nc3sc4c(c3c2=O)CCCC4)cc1. The minimum absolute atomic E-state index is 0.0127. The molecular formula is C26H23N5O4S2. The molecule has 5 rings (SSSR count). The molecule has 1 amide bonds. The van der Waals surface area contributed by atoms with E-state index < -0.39 is 4.92 Å². The van der Waals surface area contributed by atoms with Crippen LogP contribution in [0, 0.1) is 17.0 Å². The second kappa shape index (κ2) is 10.7. The van der Waals surface area contributed by atoms with Crippen molar-refractivity contribution in [2.75, 3.05) is 5.75 Å². The highest BCUT2D eigenvalue weighted by molar-refractivity contribution is 7.99. The van der Waals surface area contributed by atoms with E-state index in [2.05, 4.69) is 10.5 Å². The number of benzene rings is 2. The molecule has 4 aromatic rings. The zero-order valence-corrected chi connectivity index (χ0v) is 21.6. The van der Waals surface area contributed by atoms with E-state index in [0.717, 1.165) is 36.8 Å². The maximum atomic E-state index is 13.8. The number of aryl methyl sites for hydroxylation is 3. The Morgan fingerprint density at radius 3 is 2.81 bits per heavy atom. The molecule has 1 aliphatic rings. The highest BCUT2D eigenvalue weighted by atomic mass is 32.2. The minimum Gasteiger partial charge on any atom is -0.272 e. The number of aromatic nitrogens is 2. The fourth-order valence-corrected chi connectivity index (χ4v) is 6.37. The van der Waals surface area contributed by atoms with E-state index in [-0.39, 0.29) is 22.9 Å². The molecule has 2 heterocycles. The Kier molecular flexibility index (Phi) is 7.15. The van der Waals surface area contributed by atoms with Crippen molar-refractivity contribution in [3.8, 4) is 5.69 Å². The standard InChI is InChI=1S/C26H23N5O4S2/c1-16-9-11-18(12-10-16)30-25(33)23-20-7-2-3-8-21(20)37-24(23)28-26(30)36-15-22(32)29-27-14-17-5-4-6-19(13-17)31(34)35/h4-6,9-14H,2-3,7-8,15H2,1H3,(H,29,32).